The maximum atomic E-state index is 12.4. The van der Waals surface area contributed by atoms with Crippen molar-refractivity contribution in [3.8, 4) is 17.2 Å². The zero-order chi connectivity index (χ0) is 33.3. The molecular weight excluding hydrogens is 600 g/mol. The van der Waals surface area contributed by atoms with E-state index < -0.39 is 6.10 Å². The maximum absolute atomic E-state index is 12.4. The predicted molar refractivity (Wildman–Crippen MR) is 182 cm³/mol. The Morgan fingerprint density at radius 1 is 0.936 bits per heavy atom. The molecule has 1 aliphatic heterocycles. The molecule has 47 heavy (non-hydrogen) atoms. The molecular formula is C35H42N6O6. The molecule has 1 fully saturated rings. The lowest BCUT2D eigenvalue weighted by Crippen LogP contribution is -2.49. The van der Waals surface area contributed by atoms with E-state index in [4.69, 9.17) is 24.4 Å². The van der Waals surface area contributed by atoms with E-state index in [-0.39, 0.29) is 5.91 Å². The molecule has 1 aliphatic rings. The maximum Gasteiger partial charge on any atom is 0.289 e. The standard InChI is InChI=1S/C19H21N5O4.C16H21NO2/c1-26-15-10-12-13(11-16(15)27-2)21-19(22-17(12)20)24-7-5-23(6-8-24)18(25)14-4-3-9-28-14;1-12(2)17-10-14(18)11-19-16-9-5-7-13-6-3-4-8-15(13)16/h3-4,9-11H,5-8H2,1-2H3,(H2,20,21,22);3-9,12,14,17-18H,10-11H2,1-2H3. The third-order valence-electron chi connectivity index (χ3n) is 7.74. The molecule has 2 aromatic heterocycles. The van der Waals surface area contributed by atoms with Gasteiger partial charge in [0.1, 0.15) is 24.3 Å². The third kappa shape index (κ3) is 8.21. The summed E-state index contributed by atoms with van der Waals surface area (Å²) in [5, 5.41) is 16.0. The molecule has 0 radical (unpaired) electrons. The van der Waals surface area contributed by atoms with Gasteiger partial charge in [0.15, 0.2) is 17.3 Å². The first-order valence-corrected chi connectivity index (χ1v) is 15.6. The Bertz CT molecular complexity index is 1770. The fourth-order valence-electron chi connectivity index (χ4n) is 5.21. The summed E-state index contributed by atoms with van der Waals surface area (Å²) in [6.07, 6.45) is 1.000. The quantitative estimate of drug-likeness (QED) is 0.200. The highest BCUT2D eigenvalue weighted by molar-refractivity contribution is 5.93. The van der Waals surface area contributed by atoms with Gasteiger partial charge >= 0.3 is 0 Å². The van der Waals surface area contributed by atoms with Gasteiger partial charge in [-0.25, -0.2) is 4.98 Å². The molecule has 0 spiro atoms. The van der Waals surface area contributed by atoms with Gasteiger partial charge in [-0.1, -0.05) is 50.2 Å². The van der Waals surface area contributed by atoms with Crippen molar-refractivity contribution in [3.63, 3.8) is 0 Å². The van der Waals surface area contributed by atoms with E-state index in [9.17, 15) is 9.90 Å². The number of aromatic nitrogens is 2. The number of nitrogens with zero attached hydrogens (tertiary/aromatic N) is 4. The first kappa shape index (κ1) is 33.3. The van der Waals surface area contributed by atoms with E-state index in [1.54, 1.807) is 43.4 Å². The third-order valence-corrected chi connectivity index (χ3v) is 7.74. The molecule has 6 rings (SSSR count). The summed E-state index contributed by atoms with van der Waals surface area (Å²) in [5.74, 6) is 3.11. The summed E-state index contributed by atoms with van der Waals surface area (Å²) >= 11 is 0. The number of ether oxygens (including phenoxy) is 3. The summed E-state index contributed by atoms with van der Waals surface area (Å²) in [4.78, 5) is 25.3. The molecule has 3 aromatic carbocycles. The van der Waals surface area contributed by atoms with Crippen molar-refractivity contribution in [3.05, 3.63) is 78.8 Å². The monoisotopic (exact) mass is 642 g/mol. The summed E-state index contributed by atoms with van der Waals surface area (Å²) in [7, 11) is 3.14. The van der Waals surface area contributed by atoms with Crippen LogP contribution in [0.1, 0.15) is 24.4 Å². The van der Waals surface area contributed by atoms with Crippen LogP contribution in [0.4, 0.5) is 11.8 Å². The molecule has 12 heteroatoms. The number of furan rings is 1. The van der Waals surface area contributed by atoms with E-state index >= 15 is 0 Å². The number of nitrogens with one attached hydrogen (secondary N) is 1. The van der Waals surface area contributed by atoms with Crippen LogP contribution >= 0.6 is 0 Å². The summed E-state index contributed by atoms with van der Waals surface area (Å²) in [6, 6.07) is 21.3. The molecule has 12 nitrogen and oxygen atoms in total. The van der Waals surface area contributed by atoms with Gasteiger partial charge in [-0.3, -0.25) is 4.79 Å². The van der Waals surface area contributed by atoms with Crippen molar-refractivity contribution in [2.75, 3.05) is 64.2 Å². The summed E-state index contributed by atoms with van der Waals surface area (Å²) in [5.41, 5.74) is 6.84. The predicted octanol–water partition coefficient (Wildman–Crippen LogP) is 4.36. The van der Waals surface area contributed by atoms with Gasteiger partial charge in [0.25, 0.3) is 5.91 Å². The van der Waals surface area contributed by atoms with Gasteiger partial charge in [0.05, 0.1) is 26.0 Å². The lowest BCUT2D eigenvalue weighted by molar-refractivity contribution is 0.0714. The van der Waals surface area contributed by atoms with Gasteiger partial charge in [-0.2, -0.15) is 4.98 Å². The van der Waals surface area contributed by atoms with Crippen LogP contribution in [0, 0.1) is 0 Å². The number of rotatable bonds is 10. The normalized spacial score (nSPS) is 13.7. The van der Waals surface area contributed by atoms with Crippen molar-refractivity contribution in [1.29, 1.82) is 0 Å². The number of nitrogen functional groups attached to an aromatic ring is 1. The van der Waals surface area contributed by atoms with Crippen LogP contribution in [0.5, 0.6) is 17.2 Å². The molecule has 4 N–H and O–H groups in total. The Labute approximate surface area is 274 Å². The van der Waals surface area contributed by atoms with Crippen molar-refractivity contribution < 1.29 is 28.5 Å². The van der Waals surface area contributed by atoms with Crippen LogP contribution in [0.3, 0.4) is 0 Å². The molecule has 1 atom stereocenters. The molecule has 1 saturated heterocycles. The number of piperazine rings is 1. The number of fused-ring (bicyclic) bond motifs is 2. The first-order chi connectivity index (χ1) is 22.8. The zero-order valence-electron chi connectivity index (χ0n) is 27.2. The lowest BCUT2D eigenvalue weighted by Gasteiger charge is -2.34. The van der Waals surface area contributed by atoms with Crippen LogP contribution in [-0.4, -0.2) is 91.6 Å². The molecule has 0 aliphatic carbocycles. The molecule has 0 saturated carbocycles. The minimum atomic E-state index is -0.499. The summed E-state index contributed by atoms with van der Waals surface area (Å²) in [6.45, 7) is 7.25. The number of aliphatic hydroxyl groups excluding tert-OH is 1. The highest BCUT2D eigenvalue weighted by Crippen LogP contribution is 2.34. The average molecular weight is 643 g/mol. The van der Waals surface area contributed by atoms with E-state index in [0.29, 0.717) is 85.3 Å². The van der Waals surface area contributed by atoms with Gasteiger partial charge in [0, 0.05) is 55.6 Å². The van der Waals surface area contributed by atoms with Crippen LogP contribution in [-0.2, 0) is 0 Å². The number of methoxy groups -OCH3 is 2. The number of carbonyl (C=O) groups excluding carboxylic acids is 1. The van der Waals surface area contributed by atoms with E-state index in [0.717, 1.165) is 16.5 Å². The van der Waals surface area contributed by atoms with E-state index in [1.165, 1.54) is 6.26 Å². The second-order valence-corrected chi connectivity index (χ2v) is 11.4. The molecule has 3 heterocycles. The van der Waals surface area contributed by atoms with Crippen molar-refractivity contribution in [2.45, 2.75) is 26.0 Å². The second-order valence-electron chi connectivity index (χ2n) is 11.4. The van der Waals surface area contributed by atoms with Gasteiger partial charge < -0.3 is 44.6 Å². The van der Waals surface area contributed by atoms with E-state index in [1.807, 2.05) is 35.2 Å². The van der Waals surface area contributed by atoms with Gasteiger partial charge in [-0.05, 0) is 29.7 Å². The van der Waals surface area contributed by atoms with Crippen LogP contribution in [0.15, 0.2) is 77.4 Å². The van der Waals surface area contributed by atoms with E-state index in [2.05, 4.69) is 41.3 Å². The smallest absolute Gasteiger partial charge is 0.289 e. The molecule has 1 unspecified atom stereocenters. The van der Waals surface area contributed by atoms with Crippen LogP contribution in [0.25, 0.3) is 21.7 Å². The fraction of sp³-hybridized carbons (Fsp3) is 0.343. The van der Waals surface area contributed by atoms with Crippen LogP contribution < -0.4 is 30.2 Å². The largest absolute Gasteiger partial charge is 0.493 e. The number of hydrogen-bond acceptors (Lipinski definition) is 11. The number of benzene rings is 3. The van der Waals surface area contributed by atoms with Gasteiger partial charge in [0.2, 0.25) is 5.95 Å². The molecule has 0 bridgehead atoms. The Morgan fingerprint density at radius 3 is 2.36 bits per heavy atom. The van der Waals surface area contributed by atoms with Crippen molar-refractivity contribution in [2.24, 2.45) is 0 Å². The zero-order valence-corrected chi connectivity index (χ0v) is 27.2. The van der Waals surface area contributed by atoms with Crippen molar-refractivity contribution in [1.82, 2.24) is 20.2 Å². The highest BCUT2D eigenvalue weighted by atomic mass is 16.5. The van der Waals surface area contributed by atoms with Gasteiger partial charge in [-0.15, -0.1) is 0 Å². The molecule has 248 valence electrons. The number of aliphatic hydroxyl groups is 1. The minimum absolute atomic E-state index is 0.111. The Balaban J connectivity index is 0.000000199. The minimum Gasteiger partial charge on any atom is -0.493 e. The number of nitrogens with two attached hydrogens (primary N) is 1. The lowest BCUT2D eigenvalue weighted by atomic mass is 10.1. The Hall–Kier alpha value is -5.07. The molecule has 1 amide bonds. The number of anilines is 2. The first-order valence-electron chi connectivity index (χ1n) is 15.6. The van der Waals surface area contributed by atoms with Crippen molar-refractivity contribution >= 4 is 39.3 Å². The highest BCUT2D eigenvalue weighted by Gasteiger charge is 2.25. The van der Waals surface area contributed by atoms with Crippen LogP contribution in [0.2, 0.25) is 0 Å². The Morgan fingerprint density at radius 2 is 1.66 bits per heavy atom. The molecule has 5 aromatic rings. The summed E-state index contributed by atoms with van der Waals surface area (Å²) < 4.78 is 21.6. The second kappa shape index (κ2) is 15.5. The fourth-order valence-corrected chi connectivity index (χ4v) is 5.21. The topological polar surface area (TPSA) is 148 Å². The number of carbonyl (C=O) groups is 1. The number of amides is 1. The Kier molecular flexibility index (Phi) is 11.0. The average Bonchev–Trinajstić information content (AvgIpc) is 3.64. The SMILES string of the molecule is CC(C)NCC(O)COc1cccc2ccccc12.COc1cc2nc(N3CCN(C(=O)c4ccco4)CC3)nc(N)c2cc1OC. The number of hydrogen-bond donors (Lipinski definition) is 3.